The molecule has 0 radical (unpaired) electrons. The number of imidazole rings is 1. The fraction of sp³-hybridized carbons (Fsp3) is 0.368. The topological polar surface area (TPSA) is 32.6 Å². The fourth-order valence-electron chi connectivity index (χ4n) is 2.60. The first-order valence-corrected chi connectivity index (χ1v) is 11.1. The van der Waals surface area contributed by atoms with E-state index in [2.05, 4.69) is 46.9 Å². The van der Waals surface area contributed by atoms with Crippen LogP contribution in [0.3, 0.4) is 0 Å². The average molecular weight is 359 g/mol. The molecule has 2 aromatic heterocycles. The smallest absolute Gasteiger partial charge is 0.238 e. The van der Waals surface area contributed by atoms with Crippen molar-refractivity contribution < 1.29 is 4.57 Å². The van der Waals surface area contributed by atoms with Gasteiger partial charge in [0.25, 0.3) is 0 Å². The van der Waals surface area contributed by atoms with Gasteiger partial charge in [0.15, 0.2) is 5.52 Å². The highest BCUT2D eigenvalue weighted by Gasteiger charge is 2.16. The van der Waals surface area contributed by atoms with E-state index in [1.165, 1.54) is 37.1 Å². The SMILES string of the molecule is CCCCCCSSCc1cccc[n+]1-c1nc2ccccc2[nH]1. The molecule has 0 fully saturated rings. The van der Waals surface area contributed by atoms with Gasteiger partial charge in [0.05, 0.1) is 17.6 Å². The van der Waals surface area contributed by atoms with E-state index in [0.29, 0.717) is 0 Å². The number of H-pyrrole nitrogens is 1. The second-order valence-electron chi connectivity index (χ2n) is 5.78. The van der Waals surface area contributed by atoms with Crippen molar-refractivity contribution >= 4 is 32.6 Å². The molecule has 126 valence electrons. The molecule has 3 aromatic rings. The summed E-state index contributed by atoms with van der Waals surface area (Å²) in [5, 5.41) is 0. The molecule has 0 amide bonds. The number of hydrogen-bond acceptors (Lipinski definition) is 3. The Balaban J connectivity index is 1.63. The van der Waals surface area contributed by atoms with Crippen LogP contribution in [0.15, 0.2) is 48.7 Å². The number of benzene rings is 1. The van der Waals surface area contributed by atoms with E-state index in [1.54, 1.807) is 0 Å². The van der Waals surface area contributed by atoms with Gasteiger partial charge in [-0.15, -0.1) is 0 Å². The number of para-hydroxylation sites is 2. The van der Waals surface area contributed by atoms with E-state index in [0.717, 1.165) is 22.7 Å². The molecule has 3 nitrogen and oxygen atoms in total. The number of aromatic nitrogens is 3. The predicted molar refractivity (Wildman–Crippen MR) is 106 cm³/mol. The highest BCUT2D eigenvalue weighted by Crippen LogP contribution is 2.26. The van der Waals surface area contributed by atoms with Crippen LogP contribution in [0.1, 0.15) is 38.3 Å². The number of nitrogens with zero attached hydrogens (tertiary/aromatic N) is 2. The molecule has 0 aliphatic rings. The number of rotatable bonds is 9. The molecule has 3 rings (SSSR count). The maximum Gasteiger partial charge on any atom is 0.402 e. The number of hydrogen-bond donors (Lipinski definition) is 1. The van der Waals surface area contributed by atoms with Gasteiger partial charge in [0.1, 0.15) is 5.52 Å². The largest absolute Gasteiger partial charge is 0.402 e. The second kappa shape index (κ2) is 9.14. The molecular formula is C19H24N3S2+. The van der Waals surface area contributed by atoms with Crippen LogP contribution in [0, 0.1) is 0 Å². The molecule has 24 heavy (non-hydrogen) atoms. The summed E-state index contributed by atoms with van der Waals surface area (Å²) in [4.78, 5) is 8.13. The van der Waals surface area contributed by atoms with Crippen molar-refractivity contribution in [3.63, 3.8) is 0 Å². The third-order valence-electron chi connectivity index (χ3n) is 3.92. The minimum atomic E-state index is 0.889. The Morgan fingerprint density at radius 3 is 2.75 bits per heavy atom. The molecule has 0 spiro atoms. The number of unbranched alkanes of at least 4 members (excludes halogenated alkanes) is 3. The third-order valence-corrected chi connectivity index (χ3v) is 6.31. The standard InChI is InChI=1S/C19H24N3S2/c1-2-3-4-9-14-23-24-15-16-10-7-8-13-22(16)19-20-17-11-5-6-12-18(17)21-19/h5-8,10-13H,2-4,9,14-15H2,1H3,(H,20,21)/q+1. The zero-order valence-electron chi connectivity index (χ0n) is 14.1. The van der Waals surface area contributed by atoms with Gasteiger partial charge in [-0.25, -0.2) is 9.55 Å². The molecule has 0 bridgehead atoms. The van der Waals surface area contributed by atoms with Crippen molar-refractivity contribution in [2.24, 2.45) is 0 Å². The first-order chi connectivity index (χ1) is 11.9. The lowest BCUT2D eigenvalue weighted by molar-refractivity contribution is -0.610. The normalized spacial score (nSPS) is 11.2. The molecule has 0 unspecified atom stereocenters. The summed E-state index contributed by atoms with van der Waals surface area (Å²) in [5.41, 5.74) is 3.35. The van der Waals surface area contributed by atoms with Gasteiger partial charge in [-0.3, -0.25) is 0 Å². The molecule has 5 heteroatoms. The number of fused-ring (bicyclic) bond motifs is 1. The summed E-state index contributed by atoms with van der Waals surface area (Å²) < 4.78 is 2.16. The summed E-state index contributed by atoms with van der Waals surface area (Å²) in [6.45, 7) is 2.26. The lowest BCUT2D eigenvalue weighted by atomic mass is 10.2. The second-order valence-corrected chi connectivity index (χ2v) is 8.37. The monoisotopic (exact) mass is 358 g/mol. The Morgan fingerprint density at radius 1 is 1.00 bits per heavy atom. The van der Waals surface area contributed by atoms with Crippen molar-refractivity contribution in [1.29, 1.82) is 0 Å². The third kappa shape index (κ3) is 4.54. The summed E-state index contributed by atoms with van der Waals surface area (Å²) in [6.07, 6.45) is 7.42. The van der Waals surface area contributed by atoms with Crippen molar-refractivity contribution in [2.45, 2.75) is 38.4 Å². The van der Waals surface area contributed by atoms with Crippen LogP contribution in [0.25, 0.3) is 17.0 Å². The van der Waals surface area contributed by atoms with Crippen LogP contribution in [0.4, 0.5) is 0 Å². The molecule has 0 saturated carbocycles. The molecule has 2 heterocycles. The Hall–Kier alpha value is -1.46. The van der Waals surface area contributed by atoms with E-state index < -0.39 is 0 Å². The van der Waals surface area contributed by atoms with Gasteiger partial charge in [-0.1, -0.05) is 71.0 Å². The molecule has 1 aromatic carbocycles. The van der Waals surface area contributed by atoms with Crippen LogP contribution in [0.2, 0.25) is 0 Å². The quantitative estimate of drug-likeness (QED) is 0.320. The maximum absolute atomic E-state index is 4.71. The highest BCUT2D eigenvalue weighted by molar-refractivity contribution is 8.76. The summed E-state index contributed by atoms with van der Waals surface area (Å²) in [6, 6.07) is 14.5. The molecule has 0 saturated heterocycles. The summed E-state index contributed by atoms with van der Waals surface area (Å²) in [5.74, 6) is 3.11. The van der Waals surface area contributed by atoms with Crippen molar-refractivity contribution in [2.75, 3.05) is 5.75 Å². The van der Waals surface area contributed by atoms with Gasteiger partial charge in [0, 0.05) is 5.75 Å². The van der Waals surface area contributed by atoms with Crippen LogP contribution in [-0.2, 0) is 5.75 Å². The lowest BCUT2D eigenvalue weighted by Gasteiger charge is -2.05. The van der Waals surface area contributed by atoms with Gasteiger partial charge in [-0.05, 0) is 30.7 Å². The van der Waals surface area contributed by atoms with Crippen LogP contribution in [-0.4, -0.2) is 15.7 Å². The van der Waals surface area contributed by atoms with E-state index in [4.69, 9.17) is 4.98 Å². The van der Waals surface area contributed by atoms with Gasteiger partial charge in [0.2, 0.25) is 0 Å². The van der Waals surface area contributed by atoms with E-state index in [9.17, 15) is 0 Å². The maximum atomic E-state index is 4.71. The van der Waals surface area contributed by atoms with Crippen LogP contribution in [0.5, 0.6) is 0 Å². The van der Waals surface area contributed by atoms with Crippen LogP contribution >= 0.6 is 21.6 Å². The lowest BCUT2D eigenvalue weighted by Crippen LogP contribution is -2.36. The zero-order valence-corrected chi connectivity index (χ0v) is 15.7. The van der Waals surface area contributed by atoms with Gasteiger partial charge in [-0.2, -0.15) is 0 Å². The molecular weight excluding hydrogens is 334 g/mol. The van der Waals surface area contributed by atoms with E-state index in [1.807, 2.05) is 39.8 Å². The first kappa shape index (κ1) is 17.4. The average Bonchev–Trinajstić information content (AvgIpc) is 3.05. The van der Waals surface area contributed by atoms with E-state index in [-0.39, 0.29) is 0 Å². The number of nitrogens with one attached hydrogen (secondary N) is 1. The van der Waals surface area contributed by atoms with Crippen molar-refractivity contribution in [3.05, 3.63) is 54.4 Å². The Kier molecular flexibility index (Phi) is 6.61. The van der Waals surface area contributed by atoms with E-state index >= 15 is 0 Å². The van der Waals surface area contributed by atoms with Crippen molar-refractivity contribution in [3.8, 4) is 5.95 Å². The Bertz CT molecular complexity index is 737. The molecule has 0 aliphatic heterocycles. The Labute approximate surface area is 151 Å². The van der Waals surface area contributed by atoms with Gasteiger partial charge < -0.3 is 0 Å². The van der Waals surface area contributed by atoms with Gasteiger partial charge >= 0.3 is 5.95 Å². The van der Waals surface area contributed by atoms with Crippen molar-refractivity contribution in [1.82, 2.24) is 9.97 Å². The summed E-state index contributed by atoms with van der Waals surface area (Å²) >= 11 is 0. The minimum Gasteiger partial charge on any atom is -0.238 e. The fourth-order valence-corrected chi connectivity index (χ4v) is 4.80. The Morgan fingerprint density at radius 2 is 1.88 bits per heavy atom. The molecule has 0 aliphatic carbocycles. The summed E-state index contributed by atoms with van der Waals surface area (Å²) in [7, 11) is 3.91. The zero-order chi connectivity index (χ0) is 16.6. The van der Waals surface area contributed by atoms with Crippen LogP contribution < -0.4 is 4.57 Å². The first-order valence-electron chi connectivity index (χ1n) is 8.57. The minimum absolute atomic E-state index is 0.889. The predicted octanol–water partition coefficient (Wildman–Crippen LogP) is 5.30. The number of pyridine rings is 1. The molecule has 1 N–H and O–H groups in total. The highest BCUT2D eigenvalue weighted by atomic mass is 33.1. The molecule has 0 atom stereocenters. The number of aromatic amines is 1.